The van der Waals surface area contributed by atoms with E-state index >= 15 is 0 Å². The summed E-state index contributed by atoms with van der Waals surface area (Å²) in [6.45, 7) is 0.763. The summed E-state index contributed by atoms with van der Waals surface area (Å²) in [5.41, 5.74) is 0. The monoisotopic (exact) mass is 263 g/mol. The lowest BCUT2D eigenvalue weighted by Gasteiger charge is -2.24. The smallest absolute Gasteiger partial charge is 0.268 e. The third-order valence-electron chi connectivity index (χ3n) is 2.13. The van der Waals surface area contributed by atoms with Crippen molar-refractivity contribution in [1.29, 1.82) is 0 Å². The molecule has 1 aliphatic rings. The van der Waals surface area contributed by atoms with Crippen LogP contribution in [-0.2, 0) is 14.9 Å². The van der Waals surface area contributed by atoms with Crippen LogP contribution in [0.2, 0.25) is 5.28 Å². The van der Waals surface area contributed by atoms with Crippen LogP contribution in [-0.4, -0.2) is 36.0 Å². The molecule has 2 rings (SSSR count). The van der Waals surface area contributed by atoms with Crippen LogP contribution in [0.3, 0.4) is 0 Å². The summed E-state index contributed by atoms with van der Waals surface area (Å²) in [7, 11) is -3.65. The van der Waals surface area contributed by atoms with Gasteiger partial charge in [0.1, 0.15) is 4.90 Å². The maximum Gasteiger partial charge on any atom is 0.268 e. The summed E-state index contributed by atoms with van der Waals surface area (Å²) in [6.07, 6.45) is 3.99. The molecule has 0 saturated carbocycles. The zero-order chi connectivity index (χ0) is 11.6. The second kappa shape index (κ2) is 4.62. The van der Waals surface area contributed by atoms with Crippen molar-refractivity contribution in [3.05, 3.63) is 17.7 Å². The molecular formula is C8H10ClN3O3S. The van der Waals surface area contributed by atoms with Crippen LogP contribution < -0.4 is 0 Å². The average Bonchev–Trinajstić information content (AvgIpc) is 2.31. The fraction of sp³-hybridized carbons (Fsp3) is 0.500. The number of hydrogen-bond donors (Lipinski definition) is 0. The zero-order valence-corrected chi connectivity index (χ0v) is 9.91. The van der Waals surface area contributed by atoms with Gasteiger partial charge in [-0.2, -0.15) is 0 Å². The van der Waals surface area contributed by atoms with E-state index < -0.39 is 10.0 Å². The molecule has 88 valence electrons. The van der Waals surface area contributed by atoms with E-state index in [0.29, 0.717) is 13.2 Å². The first kappa shape index (κ1) is 11.7. The van der Waals surface area contributed by atoms with Crippen molar-refractivity contribution < 1.29 is 13.3 Å². The van der Waals surface area contributed by atoms with Crippen LogP contribution >= 0.6 is 11.6 Å². The number of nitrogens with zero attached hydrogens (tertiary/aromatic N) is 3. The van der Waals surface area contributed by atoms with Crippen molar-refractivity contribution in [1.82, 2.24) is 14.4 Å². The standard InChI is InChI=1S/C8H10ClN3O3S/c9-8-10-5-7(6-11-8)16(13,14)12-3-1-2-4-15-12/h5-6H,1-4H2. The summed E-state index contributed by atoms with van der Waals surface area (Å²) >= 11 is 5.49. The summed E-state index contributed by atoms with van der Waals surface area (Å²) < 4.78 is 24.9. The first-order chi connectivity index (χ1) is 7.60. The molecule has 2 heterocycles. The van der Waals surface area contributed by atoms with Gasteiger partial charge in [0, 0.05) is 6.54 Å². The van der Waals surface area contributed by atoms with Crippen LogP contribution in [0, 0.1) is 0 Å². The second-order valence-corrected chi connectivity index (χ2v) is 5.43. The quantitative estimate of drug-likeness (QED) is 0.740. The van der Waals surface area contributed by atoms with Crippen LogP contribution in [0.4, 0.5) is 0 Å². The average molecular weight is 264 g/mol. The highest BCUT2D eigenvalue weighted by molar-refractivity contribution is 7.89. The van der Waals surface area contributed by atoms with Crippen molar-refractivity contribution in [2.75, 3.05) is 13.2 Å². The molecule has 0 aliphatic carbocycles. The third kappa shape index (κ3) is 2.32. The minimum Gasteiger partial charge on any atom is -0.284 e. The molecule has 16 heavy (non-hydrogen) atoms. The van der Waals surface area contributed by atoms with Crippen molar-refractivity contribution in [3.63, 3.8) is 0 Å². The molecule has 1 saturated heterocycles. The molecule has 1 aliphatic heterocycles. The van der Waals surface area contributed by atoms with Crippen molar-refractivity contribution in [2.24, 2.45) is 0 Å². The maximum atomic E-state index is 12.0. The SMILES string of the molecule is O=S(=O)(c1cnc(Cl)nc1)N1CCCCO1. The van der Waals surface area contributed by atoms with Gasteiger partial charge in [0.25, 0.3) is 10.0 Å². The molecule has 0 N–H and O–H groups in total. The van der Waals surface area contributed by atoms with Gasteiger partial charge in [-0.3, -0.25) is 4.84 Å². The van der Waals surface area contributed by atoms with Crippen molar-refractivity contribution >= 4 is 21.6 Å². The van der Waals surface area contributed by atoms with Crippen molar-refractivity contribution in [3.8, 4) is 0 Å². The predicted molar refractivity (Wildman–Crippen MR) is 56.1 cm³/mol. The first-order valence-corrected chi connectivity index (χ1v) is 6.56. The van der Waals surface area contributed by atoms with E-state index in [4.69, 9.17) is 16.4 Å². The lowest BCUT2D eigenvalue weighted by molar-refractivity contribution is -0.108. The summed E-state index contributed by atoms with van der Waals surface area (Å²) in [5, 5.41) is 0.0125. The van der Waals surface area contributed by atoms with Gasteiger partial charge in [-0.05, 0) is 24.4 Å². The lowest BCUT2D eigenvalue weighted by atomic mass is 10.3. The van der Waals surface area contributed by atoms with E-state index in [2.05, 4.69) is 9.97 Å². The molecule has 8 heteroatoms. The Morgan fingerprint density at radius 2 is 2.00 bits per heavy atom. The van der Waals surface area contributed by atoms with Gasteiger partial charge in [-0.15, -0.1) is 0 Å². The highest BCUT2D eigenvalue weighted by Crippen LogP contribution is 2.18. The van der Waals surface area contributed by atoms with E-state index in [0.717, 1.165) is 17.3 Å². The van der Waals surface area contributed by atoms with Crippen molar-refractivity contribution in [2.45, 2.75) is 17.7 Å². The molecule has 0 spiro atoms. The minimum atomic E-state index is -3.65. The normalized spacial score (nSPS) is 18.6. The van der Waals surface area contributed by atoms with E-state index in [1.807, 2.05) is 0 Å². The Labute approximate surface area is 98.2 Å². The molecule has 0 atom stereocenters. The number of rotatable bonds is 2. The molecule has 1 aromatic heterocycles. The molecule has 6 nitrogen and oxygen atoms in total. The number of hydroxylamine groups is 1. The van der Waals surface area contributed by atoms with Gasteiger partial charge in [-0.1, -0.05) is 4.47 Å². The topological polar surface area (TPSA) is 72.4 Å². The van der Waals surface area contributed by atoms with Crippen LogP contribution in [0.15, 0.2) is 17.3 Å². The molecule has 0 unspecified atom stereocenters. The number of sulfonamides is 1. The molecule has 1 aromatic rings. The fourth-order valence-corrected chi connectivity index (χ4v) is 2.60. The summed E-state index contributed by atoms with van der Waals surface area (Å²) in [5.74, 6) is 0. The zero-order valence-electron chi connectivity index (χ0n) is 8.34. The molecule has 0 bridgehead atoms. The Balaban J connectivity index is 2.27. The summed E-state index contributed by atoms with van der Waals surface area (Å²) in [4.78, 5) is 12.3. The largest absolute Gasteiger partial charge is 0.284 e. The van der Waals surface area contributed by atoms with Crippen LogP contribution in [0.1, 0.15) is 12.8 Å². The molecule has 1 fully saturated rings. The van der Waals surface area contributed by atoms with Crippen LogP contribution in [0.5, 0.6) is 0 Å². The van der Waals surface area contributed by atoms with E-state index in [9.17, 15) is 8.42 Å². The number of halogens is 1. The van der Waals surface area contributed by atoms with Crippen LogP contribution in [0.25, 0.3) is 0 Å². The van der Waals surface area contributed by atoms with Gasteiger partial charge in [0.2, 0.25) is 5.28 Å². The van der Waals surface area contributed by atoms with Gasteiger partial charge in [0.15, 0.2) is 0 Å². The highest BCUT2D eigenvalue weighted by atomic mass is 35.5. The Morgan fingerprint density at radius 1 is 1.31 bits per heavy atom. The maximum absolute atomic E-state index is 12.0. The van der Waals surface area contributed by atoms with E-state index in [1.54, 1.807) is 0 Å². The fourth-order valence-electron chi connectivity index (χ4n) is 1.31. The van der Waals surface area contributed by atoms with Gasteiger partial charge in [-0.25, -0.2) is 18.4 Å². The number of aromatic nitrogens is 2. The molecule has 0 radical (unpaired) electrons. The molecule has 0 amide bonds. The summed E-state index contributed by atoms with van der Waals surface area (Å²) in [6, 6.07) is 0. The minimum absolute atomic E-state index is 0.0125. The predicted octanol–water partition coefficient (Wildman–Crippen LogP) is 0.846. The van der Waals surface area contributed by atoms with E-state index in [-0.39, 0.29) is 10.2 Å². The lowest BCUT2D eigenvalue weighted by Crippen LogP contribution is -2.35. The first-order valence-electron chi connectivity index (χ1n) is 4.74. The third-order valence-corrected chi connectivity index (χ3v) is 3.96. The Bertz CT molecular complexity index is 456. The Kier molecular flexibility index (Phi) is 3.38. The highest BCUT2D eigenvalue weighted by Gasteiger charge is 2.27. The van der Waals surface area contributed by atoms with Gasteiger partial charge >= 0.3 is 0 Å². The molecule has 0 aromatic carbocycles. The second-order valence-electron chi connectivity index (χ2n) is 3.26. The Hall–Kier alpha value is -0.760. The number of hydrogen-bond acceptors (Lipinski definition) is 5. The van der Waals surface area contributed by atoms with E-state index in [1.165, 1.54) is 12.4 Å². The van der Waals surface area contributed by atoms with Gasteiger partial charge < -0.3 is 0 Å². The van der Waals surface area contributed by atoms with Gasteiger partial charge in [0.05, 0.1) is 19.0 Å². The Morgan fingerprint density at radius 3 is 2.56 bits per heavy atom. The molecular weight excluding hydrogens is 254 g/mol.